The van der Waals surface area contributed by atoms with E-state index in [-0.39, 0.29) is 88.7 Å². The second kappa shape index (κ2) is 17.6. The molecule has 11 heteroatoms. The minimum absolute atomic E-state index is 0. The van der Waals surface area contributed by atoms with Crippen LogP contribution < -0.4 is 103 Å². The molecule has 0 saturated heterocycles. The third-order valence-corrected chi connectivity index (χ3v) is 1.50. The van der Waals surface area contributed by atoms with Gasteiger partial charge in [-0.1, -0.05) is 13.8 Å². The average molecular weight is 257 g/mol. The summed E-state index contributed by atoms with van der Waals surface area (Å²) in [5.41, 5.74) is 0. The molecule has 0 N–H and O–H groups in total. The SMILES string of the molecule is CC.O=[P+]([O-])OP(=O)([O-])[O-].[Na+].[Na+].[Na+]. The second-order valence-corrected chi connectivity index (χ2v) is 2.75. The molecular weight excluding hydrogens is 251 g/mol. The molecule has 0 aliphatic carbocycles. The van der Waals surface area contributed by atoms with Gasteiger partial charge in [0.25, 0.3) is 0 Å². The van der Waals surface area contributed by atoms with Gasteiger partial charge in [0, 0.05) is 0 Å². The van der Waals surface area contributed by atoms with E-state index in [1.807, 2.05) is 13.8 Å². The van der Waals surface area contributed by atoms with Crippen LogP contribution in [0.25, 0.3) is 0 Å². The fourth-order valence-electron chi connectivity index (χ4n) is 0.0816. The first-order valence-corrected chi connectivity index (χ1v) is 4.83. The number of rotatable bonds is 2. The fraction of sp³-hybridized carbons (Fsp3) is 1.00. The molecule has 0 spiro atoms. The van der Waals surface area contributed by atoms with Crippen molar-refractivity contribution < 1.29 is 117 Å². The Hall–Kier alpha value is 3.17. The minimum atomic E-state index is -5.32. The first kappa shape index (κ1) is 29.8. The summed E-state index contributed by atoms with van der Waals surface area (Å²) in [5.74, 6) is 0. The monoisotopic (exact) mass is 257 g/mol. The van der Waals surface area contributed by atoms with Gasteiger partial charge in [-0.2, -0.15) is 0 Å². The van der Waals surface area contributed by atoms with E-state index < -0.39 is 16.1 Å². The Kier molecular flexibility index (Phi) is 40.3. The molecule has 0 rings (SSSR count). The normalized spacial score (nSPS) is 8.85. The zero-order valence-corrected chi connectivity index (χ0v) is 16.1. The first-order chi connectivity index (χ1) is 4.42. The molecule has 0 aromatic rings. The van der Waals surface area contributed by atoms with Crippen LogP contribution in [-0.4, -0.2) is 0 Å². The van der Waals surface area contributed by atoms with Gasteiger partial charge in [-0.15, -0.1) is 4.31 Å². The second-order valence-electron chi connectivity index (χ2n) is 0.752. The van der Waals surface area contributed by atoms with Gasteiger partial charge in [0.15, 0.2) is 0 Å². The van der Waals surface area contributed by atoms with Crippen molar-refractivity contribution in [2.45, 2.75) is 13.8 Å². The first-order valence-electron chi connectivity index (χ1n) is 2.28. The molecule has 1 unspecified atom stereocenters. The largest absolute Gasteiger partial charge is 1.00 e. The van der Waals surface area contributed by atoms with E-state index in [9.17, 15) is 23.8 Å². The molecule has 0 aliphatic heterocycles. The van der Waals surface area contributed by atoms with Crippen molar-refractivity contribution in [2.75, 3.05) is 0 Å². The molecule has 0 aromatic carbocycles. The molecular formula is C2H6Na3O6P2+. The summed E-state index contributed by atoms with van der Waals surface area (Å²) in [6.45, 7) is 4.00. The van der Waals surface area contributed by atoms with E-state index >= 15 is 0 Å². The molecule has 0 aliphatic rings. The topological polar surface area (TPSA) is 113 Å². The molecule has 62 valence electrons. The minimum Gasteiger partial charge on any atom is -0.786 e. The molecule has 0 amide bonds. The van der Waals surface area contributed by atoms with E-state index in [1.54, 1.807) is 0 Å². The molecule has 13 heavy (non-hydrogen) atoms. The zero-order chi connectivity index (χ0) is 8.78. The van der Waals surface area contributed by atoms with Crippen molar-refractivity contribution in [1.29, 1.82) is 0 Å². The Morgan fingerprint density at radius 3 is 1.38 bits per heavy atom. The van der Waals surface area contributed by atoms with Crippen molar-refractivity contribution in [2.24, 2.45) is 0 Å². The van der Waals surface area contributed by atoms with Crippen LogP contribution >= 0.6 is 16.1 Å². The number of hydrogen-bond donors (Lipinski definition) is 0. The molecule has 6 nitrogen and oxygen atoms in total. The summed E-state index contributed by atoms with van der Waals surface area (Å²) >= 11 is 0. The predicted octanol–water partition coefficient (Wildman–Crippen LogP) is -10.1. The summed E-state index contributed by atoms with van der Waals surface area (Å²) in [6.07, 6.45) is 0. The van der Waals surface area contributed by atoms with Gasteiger partial charge in [0.2, 0.25) is 0 Å². The maximum absolute atomic E-state index is 9.31. The molecule has 0 radical (unpaired) electrons. The van der Waals surface area contributed by atoms with Gasteiger partial charge >= 0.3 is 96.9 Å². The van der Waals surface area contributed by atoms with E-state index in [1.165, 1.54) is 0 Å². The summed E-state index contributed by atoms with van der Waals surface area (Å²) in [4.78, 5) is 27.9. The standard InChI is InChI=1S/C2H6.3Na.H2O6P2/c1-2;;;;1-7(2)6-8(3,4)5/h1-2H3;;;;(H2,3,4,5)/q;3*+1;/p-2. The molecule has 0 fully saturated rings. The third-order valence-electron chi connectivity index (χ3n) is 0.167. The van der Waals surface area contributed by atoms with Crippen molar-refractivity contribution in [3.8, 4) is 0 Å². The van der Waals surface area contributed by atoms with Gasteiger partial charge in [0.1, 0.15) is 7.82 Å². The van der Waals surface area contributed by atoms with Crippen molar-refractivity contribution in [1.82, 2.24) is 0 Å². The smallest absolute Gasteiger partial charge is 0.786 e. The van der Waals surface area contributed by atoms with Crippen molar-refractivity contribution in [3.63, 3.8) is 0 Å². The fourth-order valence-corrected chi connectivity index (χ4v) is 0.735. The predicted molar refractivity (Wildman–Crippen MR) is 27.6 cm³/mol. The molecule has 0 aromatic heterocycles. The maximum Gasteiger partial charge on any atom is 1.00 e. The van der Waals surface area contributed by atoms with E-state index in [4.69, 9.17) is 0 Å². The van der Waals surface area contributed by atoms with Crippen LogP contribution in [0.5, 0.6) is 0 Å². The van der Waals surface area contributed by atoms with Gasteiger partial charge in [0.05, 0.1) is 0 Å². The average Bonchev–Trinajstić information content (AvgIpc) is 1.64. The van der Waals surface area contributed by atoms with Gasteiger partial charge in [-0.3, -0.25) is 0 Å². The van der Waals surface area contributed by atoms with E-state index in [0.29, 0.717) is 0 Å². The molecule has 0 bridgehead atoms. The van der Waals surface area contributed by atoms with Gasteiger partial charge < -0.3 is 19.2 Å². The Morgan fingerprint density at radius 2 is 1.38 bits per heavy atom. The zero-order valence-electron chi connectivity index (χ0n) is 8.34. The van der Waals surface area contributed by atoms with E-state index in [2.05, 4.69) is 4.31 Å². The van der Waals surface area contributed by atoms with Crippen molar-refractivity contribution in [3.05, 3.63) is 0 Å². The van der Waals surface area contributed by atoms with Gasteiger partial charge in [-0.25, -0.2) is 0 Å². The van der Waals surface area contributed by atoms with E-state index in [0.717, 1.165) is 0 Å². The van der Waals surface area contributed by atoms with Crippen molar-refractivity contribution >= 4 is 16.1 Å². The molecule has 0 heterocycles. The quantitative estimate of drug-likeness (QED) is 0.358. The van der Waals surface area contributed by atoms with Crippen LogP contribution in [0.3, 0.4) is 0 Å². The van der Waals surface area contributed by atoms with Crippen LogP contribution in [0.2, 0.25) is 0 Å². The van der Waals surface area contributed by atoms with Crippen LogP contribution in [0.15, 0.2) is 0 Å². The molecule has 1 atom stereocenters. The Balaban J connectivity index is -0.0000000398. The summed E-state index contributed by atoms with van der Waals surface area (Å²) in [5, 5.41) is 0. The number of hydrogen-bond acceptors (Lipinski definition) is 6. The molecule has 0 saturated carbocycles. The summed E-state index contributed by atoms with van der Waals surface area (Å²) in [6, 6.07) is 0. The Morgan fingerprint density at radius 1 is 1.15 bits per heavy atom. The Bertz CT molecular complexity index is 147. The van der Waals surface area contributed by atoms with Gasteiger partial charge in [-0.05, 0) is 4.57 Å². The van der Waals surface area contributed by atoms with Crippen LogP contribution in [0.4, 0.5) is 0 Å². The summed E-state index contributed by atoms with van der Waals surface area (Å²) < 4.78 is 21.4. The Labute approximate surface area is 144 Å². The van der Waals surface area contributed by atoms with Crippen LogP contribution in [0, 0.1) is 0 Å². The summed E-state index contributed by atoms with van der Waals surface area (Å²) in [7, 11) is -8.89. The maximum atomic E-state index is 9.31. The number of phosphoric acid groups is 1. The van der Waals surface area contributed by atoms with Crippen LogP contribution in [0.1, 0.15) is 13.8 Å². The third kappa shape index (κ3) is 39.4. The van der Waals surface area contributed by atoms with Crippen LogP contribution in [-0.2, 0) is 13.4 Å².